The van der Waals surface area contributed by atoms with E-state index < -0.39 is 0 Å². The van der Waals surface area contributed by atoms with Gasteiger partial charge in [-0.2, -0.15) is 0 Å². The first-order valence-corrected chi connectivity index (χ1v) is 16.4. The SMILES string of the molecule is c1ccc(-c2nc(-c3ccccc3)nc(-c3cc(-c4ccc(-c5nccc6c5Cc5ccccc5-6)cc4)cc(-c4cccnc4)c3)n2)cc1. The molecule has 1 aliphatic rings. The van der Waals surface area contributed by atoms with Gasteiger partial charge in [-0.3, -0.25) is 9.97 Å². The Balaban J connectivity index is 1.16. The molecule has 0 amide bonds. The molecule has 9 rings (SSSR count). The summed E-state index contributed by atoms with van der Waals surface area (Å²) in [5.41, 5.74) is 14.4. The van der Waals surface area contributed by atoms with Crippen LogP contribution in [0.2, 0.25) is 0 Å². The minimum atomic E-state index is 0.611. The summed E-state index contributed by atoms with van der Waals surface area (Å²) in [7, 11) is 0. The molecule has 0 saturated carbocycles. The Morgan fingerprint density at radius 2 is 0.959 bits per heavy atom. The minimum absolute atomic E-state index is 0.611. The van der Waals surface area contributed by atoms with Crippen molar-refractivity contribution < 1.29 is 0 Å². The molecule has 8 aromatic rings. The van der Waals surface area contributed by atoms with Crippen LogP contribution in [0.5, 0.6) is 0 Å². The molecule has 0 unspecified atom stereocenters. The highest BCUT2D eigenvalue weighted by Gasteiger charge is 2.22. The first kappa shape index (κ1) is 28.6. The molecule has 5 heteroatoms. The zero-order valence-electron chi connectivity index (χ0n) is 26.5. The summed E-state index contributed by atoms with van der Waals surface area (Å²) in [6.45, 7) is 0. The average Bonchev–Trinajstić information content (AvgIpc) is 3.58. The summed E-state index contributed by atoms with van der Waals surface area (Å²) >= 11 is 0. The summed E-state index contributed by atoms with van der Waals surface area (Å²) in [6.07, 6.45) is 6.51. The van der Waals surface area contributed by atoms with Crippen LogP contribution in [-0.4, -0.2) is 24.9 Å². The molecule has 0 N–H and O–H groups in total. The van der Waals surface area contributed by atoms with Crippen LogP contribution in [0.1, 0.15) is 11.1 Å². The second-order valence-corrected chi connectivity index (χ2v) is 12.2. The lowest BCUT2D eigenvalue weighted by Gasteiger charge is -2.13. The van der Waals surface area contributed by atoms with E-state index in [0.29, 0.717) is 17.5 Å². The molecule has 0 bridgehead atoms. The van der Waals surface area contributed by atoms with Crippen LogP contribution in [0, 0.1) is 0 Å². The lowest BCUT2D eigenvalue weighted by molar-refractivity contribution is 1.07. The number of fused-ring (bicyclic) bond motifs is 3. The highest BCUT2D eigenvalue weighted by atomic mass is 15.0. The van der Waals surface area contributed by atoms with Crippen LogP contribution in [0.4, 0.5) is 0 Å². The third kappa shape index (κ3) is 5.47. The Labute approximate surface area is 284 Å². The van der Waals surface area contributed by atoms with Gasteiger partial charge in [-0.05, 0) is 69.3 Å². The first-order valence-electron chi connectivity index (χ1n) is 16.4. The summed E-state index contributed by atoms with van der Waals surface area (Å²) in [5, 5.41) is 0. The van der Waals surface area contributed by atoms with Gasteiger partial charge in [-0.1, -0.05) is 115 Å². The van der Waals surface area contributed by atoms with E-state index in [0.717, 1.165) is 56.6 Å². The Morgan fingerprint density at radius 1 is 0.388 bits per heavy atom. The zero-order chi connectivity index (χ0) is 32.6. The number of nitrogens with zero attached hydrogens (tertiary/aromatic N) is 5. The van der Waals surface area contributed by atoms with E-state index >= 15 is 0 Å². The van der Waals surface area contributed by atoms with Crippen LogP contribution in [-0.2, 0) is 6.42 Å². The molecule has 0 aliphatic heterocycles. The molecule has 0 spiro atoms. The van der Waals surface area contributed by atoms with Crippen LogP contribution in [0.15, 0.2) is 164 Å². The normalized spacial score (nSPS) is 11.6. The zero-order valence-corrected chi connectivity index (χ0v) is 26.5. The van der Waals surface area contributed by atoms with Gasteiger partial charge in [-0.15, -0.1) is 0 Å². The molecule has 49 heavy (non-hydrogen) atoms. The van der Waals surface area contributed by atoms with Crippen LogP contribution >= 0.6 is 0 Å². The molecular weight excluding hydrogens is 599 g/mol. The van der Waals surface area contributed by atoms with E-state index in [9.17, 15) is 0 Å². The van der Waals surface area contributed by atoms with Crippen molar-refractivity contribution in [3.63, 3.8) is 0 Å². The summed E-state index contributed by atoms with van der Waals surface area (Å²) in [4.78, 5) is 24.2. The smallest absolute Gasteiger partial charge is 0.164 e. The quantitative estimate of drug-likeness (QED) is 0.184. The number of rotatable bonds is 6. The molecule has 0 fully saturated rings. The average molecular weight is 628 g/mol. The Hall–Kier alpha value is -6.59. The highest BCUT2D eigenvalue weighted by molar-refractivity contribution is 5.84. The van der Waals surface area contributed by atoms with Gasteiger partial charge in [0.1, 0.15) is 0 Å². The van der Waals surface area contributed by atoms with Gasteiger partial charge in [-0.25, -0.2) is 15.0 Å². The Kier molecular flexibility index (Phi) is 7.13. The molecule has 230 valence electrons. The lowest BCUT2D eigenvalue weighted by atomic mass is 9.94. The number of hydrogen-bond acceptors (Lipinski definition) is 5. The molecule has 0 atom stereocenters. The number of aromatic nitrogens is 5. The van der Waals surface area contributed by atoms with Crippen molar-refractivity contribution in [1.82, 2.24) is 24.9 Å². The third-order valence-electron chi connectivity index (χ3n) is 9.11. The van der Waals surface area contributed by atoms with Crippen LogP contribution < -0.4 is 0 Å². The van der Waals surface area contributed by atoms with Crippen LogP contribution in [0.3, 0.4) is 0 Å². The maximum Gasteiger partial charge on any atom is 0.164 e. The van der Waals surface area contributed by atoms with Crippen molar-refractivity contribution in [2.45, 2.75) is 6.42 Å². The van der Waals surface area contributed by atoms with Gasteiger partial charge >= 0.3 is 0 Å². The number of hydrogen-bond donors (Lipinski definition) is 0. The fourth-order valence-corrected chi connectivity index (χ4v) is 6.68. The lowest BCUT2D eigenvalue weighted by Crippen LogP contribution is -2.00. The van der Waals surface area contributed by atoms with Gasteiger partial charge in [0.25, 0.3) is 0 Å². The fraction of sp³-hybridized carbons (Fsp3) is 0.0227. The molecule has 0 radical (unpaired) electrons. The monoisotopic (exact) mass is 627 g/mol. The predicted molar refractivity (Wildman–Crippen MR) is 196 cm³/mol. The standard InChI is InChI=1S/C44H29N5/c1-3-10-31(11-4-1)42-47-43(32-12-5-2-6-13-32)49-44(48-42)37-25-35(24-36(26-37)34-15-9-22-45-28-34)29-17-19-30(20-18-29)41-40-27-33-14-7-8-16-38(33)39(40)21-23-46-41/h1-26,28H,27H2. The maximum atomic E-state index is 5.03. The Bertz CT molecular complexity index is 2380. The van der Waals surface area contributed by atoms with E-state index in [-0.39, 0.29) is 0 Å². The van der Waals surface area contributed by atoms with E-state index in [1.54, 1.807) is 6.20 Å². The molecule has 3 aromatic heterocycles. The topological polar surface area (TPSA) is 64.5 Å². The van der Waals surface area contributed by atoms with E-state index in [1.165, 1.54) is 22.3 Å². The van der Waals surface area contributed by atoms with Gasteiger partial charge in [0.2, 0.25) is 0 Å². The van der Waals surface area contributed by atoms with Gasteiger partial charge < -0.3 is 0 Å². The molecule has 5 nitrogen and oxygen atoms in total. The van der Waals surface area contributed by atoms with Gasteiger partial charge in [0.15, 0.2) is 17.5 Å². The van der Waals surface area contributed by atoms with Crippen molar-refractivity contribution in [1.29, 1.82) is 0 Å². The maximum absolute atomic E-state index is 5.03. The van der Waals surface area contributed by atoms with Crippen molar-refractivity contribution in [3.8, 4) is 78.8 Å². The summed E-state index contributed by atoms with van der Waals surface area (Å²) in [5.74, 6) is 1.87. The summed E-state index contributed by atoms with van der Waals surface area (Å²) < 4.78 is 0. The number of benzene rings is 5. The van der Waals surface area contributed by atoms with Crippen molar-refractivity contribution in [2.75, 3.05) is 0 Å². The third-order valence-corrected chi connectivity index (χ3v) is 9.11. The van der Waals surface area contributed by atoms with Gasteiger partial charge in [0.05, 0.1) is 5.69 Å². The van der Waals surface area contributed by atoms with Crippen molar-refractivity contribution in [2.24, 2.45) is 0 Å². The Morgan fingerprint density at radius 3 is 1.63 bits per heavy atom. The van der Waals surface area contributed by atoms with Crippen molar-refractivity contribution in [3.05, 3.63) is 175 Å². The largest absolute Gasteiger partial charge is 0.264 e. The molecule has 0 saturated heterocycles. The molecular formula is C44H29N5. The van der Waals surface area contributed by atoms with E-state index in [1.807, 2.05) is 79.1 Å². The second-order valence-electron chi connectivity index (χ2n) is 12.2. The molecule has 3 heterocycles. The molecule has 5 aromatic carbocycles. The number of pyridine rings is 2. The van der Waals surface area contributed by atoms with E-state index in [2.05, 4.69) is 83.8 Å². The predicted octanol–water partition coefficient (Wildman–Crippen LogP) is 10.2. The molecule has 1 aliphatic carbocycles. The van der Waals surface area contributed by atoms with E-state index in [4.69, 9.17) is 19.9 Å². The first-order chi connectivity index (χ1) is 24.3. The fourth-order valence-electron chi connectivity index (χ4n) is 6.68. The minimum Gasteiger partial charge on any atom is -0.264 e. The van der Waals surface area contributed by atoms with Crippen LogP contribution in [0.25, 0.3) is 78.8 Å². The highest BCUT2D eigenvalue weighted by Crippen LogP contribution is 2.41. The van der Waals surface area contributed by atoms with Gasteiger partial charge in [0, 0.05) is 52.8 Å². The van der Waals surface area contributed by atoms with Crippen molar-refractivity contribution >= 4 is 0 Å². The second kappa shape index (κ2) is 12.2. The summed E-state index contributed by atoms with van der Waals surface area (Å²) in [6, 6.07) is 50.2.